The van der Waals surface area contributed by atoms with Crippen LogP contribution in [0.25, 0.3) is 0 Å². The molecule has 0 aromatic heterocycles. The molecule has 0 aliphatic rings. The maximum Gasteiger partial charge on any atom is 0.216 e. The Labute approximate surface area is 88.5 Å². The Kier molecular flexibility index (Phi) is 10.2. The zero-order valence-electron chi connectivity index (χ0n) is 9.48. The van der Waals surface area contributed by atoms with Gasteiger partial charge in [0, 0.05) is 13.5 Å². The molecule has 0 saturated carbocycles. The molecule has 0 atom stereocenters. The van der Waals surface area contributed by atoms with E-state index in [9.17, 15) is 4.79 Å². The number of hydrogen-bond acceptors (Lipinski definition) is 1. The molecule has 0 rings (SSSR count). The van der Waals surface area contributed by atoms with Crippen LogP contribution in [0.5, 0.6) is 0 Å². The Hall–Kier alpha value is -0.530. The first-order chi connectivity index (χ1) is 6.77. The summed E-state index contributed by atoms with van der Waals surface area (Å²) < 4.78 is 0. The summed E-state index contributed by atoms with van der Waals surface area (Å²) in [6.45, 7) is 6.23. The fourth-order valence-electron chi connectivity index (χ4n) is 1.45. The summed E-state index contributed by atoms with van der Waals surface area (Å²) in [6.07, 6.45) is 10.0. The van der Waals surface area contributed by atoms with Gasteiger partial charge in [-0.05, 0) is 6.42 Å². The van der Waals surface area contributed by atoms with Crippen molar-refractivity contribution in [2.75, 3.05) is 6.54 Å². The average Bonchev–Trinajstić information content (AvgIpc) is 2.15. The molecule has 0 spiro atoms. The molecular formula is C12H24NO. The van der Waals surface area contributed by atoms with Gasteiger partial charge in [-0.1, -0.05) is 51.9 Å². The molecule has 0 bridgehead atoms. The molecule has 0 aliphatic carbocycles. The van der Waals surface area contributed by atoms with E-state index in [1.165, 1.54) is 38.5 Å². The Morgan fingerprint density at radius 3 is 2.00 bits per heavy atom. The van der Waals surface area contributed by atoms with Gasteiger partial charge < -0.3 is 5.32 Å². The summed E-state index contributed by atoms with van der Waals surface area (Å²) in [5, 5.41) is 2.81. The van der Waals surface area contributed by atoms with Gasteiger partial charge in [-0.25, -0.2) is 0 Å². The van der Waals surface area contributed by atoms with Crippen molar-refractivity contribution in [2.24, 2.45) is 0 Å². The largest absolute Gasteiger partial charge is 0.356 e. The molecule has 1 amide bonds. The number of carbonyl (C=O) groups excluding carboxylic acids is 1. The first-order valence-electron chi connectivity index (χ1n) is 5.81. The number of carbonyl (C=O) groups is 1. The summed E-state index contributed by atoms with van der Waals surface area (Å²) in [6, 6.07) is 0. The van der Waals surface area contributed by atoms with Crippen molar-refractivity contribution in [2.45, 2.75) is 58.3 Å². The quantitative estimate of drug-likeness (QED) is 0.567. The van der Waals surface area contributed by atoms with E-state index in [0.717, 1.165) is 19.4 Å². The van der Waals surface area contributed by atoms with Crippen molar-refractivity contribution in [1.29, 1.82) is 0 Å². The second-order valence-electron chi connectivity index (χ2n) is 3.81. The predicted octanol–water partition coefficient (Wildman–Crippen LogP) is 3.08. The van der Waals surface area contributed by atoms with E-state index in [4.69, 9.17) is 0 Å². The van der Waals surface area contributed by atoms with Crippen molar-refractivity contribution >= 4 is 5.91 Å². The van der Waals surface area contributed by atoms with Crippen LogP contribution in [0.4, 0.5) is 0 Å². The molecule has 83 valence electrons. The molecule has 14 heavy (non-hydrogen) atoms. The van der Waals surface area contributed by atoms with Gasteiger partial charge in [-0.3, -0.25) is 4.79 Å². The second kappa shape index (κ2) is 10.6. The van der Waals surface area contributed by atoms with E-state index in [1.54, 1.807) is 6.92 Å². The highest BCUT2D eigenvalue weighted by atomic mass is 16.1. The lowest BCUT2D eigenvalue weighted by Crippen LogP contribution is -2.20. The van der Waals surface area contributed by atoms with Crippen LogP contribution in [0.3, 0.4) is 0 Å². The van der Waals surface area contributed by atoms with E-state index in [2.05, 4.69) is 12.2 Å². The molecule has 0 aliphatic heterocycles. The molecule has 0 heterocycles. The monoisotopic (exact) mass is 198 g/mol. The van der Waals surface area contributed by atoms with Crippen LogP contribution >= 0.6 is 0 Å². The third kappa shape index (κ3) is 11.5. The van der Waals surface area contributed by atoms with Crippen molar-refractivity contribution < 1.29 is 4.79 Å². The molecule has 0 saturated heterocycles. The van der Waals surface area contributed by atoms with Crippen molar-refractivity contribution in [3.05, 3.63) is 6.92 Å². The first kappa shape index (κ1) is 13.5. The first-order valence-corrected chi connectivity index (χ1v) is 5.81. The average molecular weight is 198 g/mol. The summed E-state index contributed by atoms with van der Waals surface area (Å²) >= 11 is 0. The highest BCUT2D eigenvalue weighted by molar-refractivity contribution is 5.72. The lowest BCUT2D eigenvalue weighted by atomic mass is 10.1. The minimum absolute atomic E-state index is 0.0837. The van der Waals surface area contributed by atoms with Gasteiger partial charge in [0.1, 0.15) is 0 Å². The summed E-state index contributed by atoms with van der Waals surface area (Å²) in [4.78, 5) is 10.5. The van der Waals surface area contributed by atoms with Gasteiger partial charge in [0.05, 0.1) is 0 Å². The van der Waals surface area contributed by atoms with Gasteiger partial charge >= 0.3 is 0 Å². The Morgan fingerprint density at radius 1 is 1.00 bits per heavy atom. The highest BCUT2D eigenvalue weighted by Crippen LogP contribution is 2.07. The van der Waals surface area contributed by atoms with Crippen molar-refractivity contribution in [3.8, 4) is 0 Å². The van der Waals surface area contributed by atoms with Crippen LogP contribution in [0.15, 0.2) is 0 Å². The van der Waals surface area contributed by atoms with Crippen LogP contribution in [0, 0.1) is 6.92 Å². The molecule has 0 aromatic rings. The number of nitrogens with one attached hydrogen (secondary N) is 1. The van der Waals surface area contributed by atoms with Crippen LogP contribution in [-0.4, -0.2) is 12.5 Å². The standard InChI is InChI=1S/C12H24NO/c1-3-4-5-6-7-8-9-10-11-13-12(2)14/h1,3-11H2,2H3,(H,13,14). The molecule has 2 heteroatoms. The van der Waals surface area contributed by atoms with Crippen LogP contribution in [0.2, 0.25) is 0 Å². The third-order valence-corrected chi connectivity index (χ3v) is 2.30. The lowest BCUT2D eigenvalue weighted by Gasteiger charge is -2.02. The number of rotatable bonds is 9. The number of unbranched alkanes of at least 4 members (excludes halogenated alkanes) is 7. The zero-order valence-corrected chi connectivity index (χ0v) is 9.48. The maximum atomic E-state index is 10.5. The molecule has 0 aromatic carbocycles. The number of amides is 1. The smallest absolute Gasteiger partial charge is 0.216 e. The number of hydrogen-bond donors (Lipinski definition) is 1. The minimum Gasteiger partial charge on any atom is -0.356 e. The van der Waals surface area contributed by atoms with Gasteiger partial charge in [-0.2, -0.15) is 0 Å². The maximum absolute atomic E-state index is 10.5. The molecule has 0 unspecified atom stereocenters. The molecule has 1 N–H and O–H groups in total. The topological polar surface area (TPSA) is 29.1 Å². The fourth-order valence-corrected chi connectivity index (χ4v) is 1.45. The third-order valence-electron chi connectivity index (χ3n) is 2.30. The fraction of sp³-hybridized carbons (Fsp3) is 0.833. The Morgan fingerprint density at radius 2 is 1.50 bits per heavy atom. The molecule has 2 nitrogen and oxygen atoms in total. The van der Waals surface area contributed by atoms with E-state index < -0.39 is 0 Å². The van der Waals surface area contributed by atoms with E-state index in [1.807, 2.05) is 0 Å². The van der Waals surface area contributed by atoms with E-state index >= 15 is 0 Å². The van der Waals surface area contributed by atoms with E-state index in [-0.39, 0.29) is 5.91 Å². The minimum atomic E-state index is 0.0837. The molecular weight excluding hydrogens is 174 g/mol. The molecule has 0 fully saturated rings. The van der Waals surface area contributed by atoms with Gasteiger partial charge in [-0.15, -0.1) is 0 Å². The van der Waals surface area contributed by atoms with Gasteiger partial charge in [0.15, 0.2) is 0 Å². The van der Waals surface area contributed by atoms with E-state index in [0.29, 0.717) is 0 Å². The second-order valence-corrected chi connectivity index (χ2v) is 3.81. The lowest BCUT2D eigenvalue weighted by molar-refractivity contribution is -0.118. The van der Waals surface area contributed by atoms with Crippen molar-refractivity contribution in [3.63, 3.8) is 0 Å². The summed E-state index contributed by atoms with van der Waals surface area (Å²) in [5.74, 6) is 0.0837. The SMILES string of the molecule is [CH2]CCCCCCCCCNC(C)=O. The van der Waals surface area contributed by atoms with Crippen LogP contribution in [0.1, 0.15) is 58.3 Å². The molecule has 1 radical (unpaired) electrons. The van der Waals surface area contributed by atoms with Crippen molar-refractivity contribution in [1.82, 2.24) is 5.32 Å². The van der Waals surface area contributed by atoms with Crippen LogP contribution in [-0.2, 0) is 4.79 Å². The highest BCUT2D eigenvalue weighted by Gasteiger charge is 1.92. The Balaban J connectivity index is 2.88. The Bertz CT molecular complexity index is 134. The predicted molar refractivity (Wildman–Crippen MR) is 61.0 cm³/mol. The van der Waals surface area contributed by atoms with Gasteiger partial charge in [0.25, 0.3) is 0 Å². The van der Waals surface area contributed by atoms with Crippen LogP contribution < -0.4 is 5.32 Å². The zero-order chi connectivity index (χ0) is 10.6. The summed E-state index contributed by atoms with van der Waals surface area (Å²) in [5.41, 5.74) is 0. The van der Waals surface area contributed by atoms with Gasteiger partial charge in [0.2, 0.25) is 5.91 Å². The summed E-state index contributed by atoms with van der Waals surface area (Å²) in [7, 11) is 0. The normalized spacial score (nSPS) is 10.1.